The van der Waals surface area contributed by atoms with Crippen molar-refractivity contribution in [3.05, 3.63) is 76.3 Å². The molecule has 0 unspecified atom stereocenters. The summed E-state index contributed by atoms with van der Waals surface area (Å²) in [5.74, 6) is -0.166. The number of carbonyl (C=O) groups excluding carboxylic acids is 1. The van der Waals surface area contributed by atoms with Crippen molar-refractivity contribution in [1.29, 1.82) is 0 Å². The van der Waals surface area contributed by atoms with Gasteiger partial charge in [-0.2, -0.15) is 0 Å². The minimum Gasteiger partial charge on any atom is -0.379 e. The summed E-state index contributed by atoms with van der Waals surface area (Å²) >= 11 is 1.40. The van der Waals surface area contributed by atoms with E-state index < -0.39 is 0 Å². The van der Waals surface area contributed by atoms with E-state index in [0.717, 1.165) is 37.9 Å². The third-order valence-corrected chi connectivity index (χ3v) is 5.45. The molecule has 1 saturated heterocycles. The second-order valence-corrected chi connectivity index (χ2v) is 7.76. The molecular weight excluding hydrogens is 372 g/mol. The largest absolute Gasteiger partial charge is 0.379 e. The Hall–Kier alpha value is -2.61. The first kappa shape index (κ1) is 18.7. The minimum atomic E-state index is -0.166. The highest BCUT2D eigenvalue weighted by Gasteiger charge is 2.13. The second-order valence-electron chi connectivity index (χ2n) is 6.70. The minimum absolute atomic E-state index is 0.166. The number of nitrogens with one attached hydrogen (secondary N) is 1. The monoisotopic (exact) mass is 394 g/mol. The number of hydrogen-bond acceptors (Lipinski definition) is 6. The predicted octanol–water partition coefficient (Wildman–Crippen LogP) is 3.21. The third-order valence-electron chi connectivity index (χ3n) is 4.61. The van der Waals surface area contributed by atoms with Gasteiger partial charge in [-0.15, -0.1) is 10.2 Å². The van der Waals surface area contributed by atoms with Crippen molar-refractivity contribution in [1.82, 2.24) is 15.1 Å². The van der Waals surface area contributed by atoms with Gasteiger partial charge in [-0.3, -0.25) is 15.0 Å². The van der Waals surface area contributed by atoms with Gasteiger partial charge >= 0.3 is 0 Å². The molecule has 28 heavy (non-hydrogen) atoms. The van der Waals surface area contributed by atoms with Crippen LogP contribution < -0.4 is 5.32 Å². The number of nitrogens with zero attached hydrogens (tertiary/aromatic N) is 3. The molecule has 0 spiro atoms. The quantitative estimate of drug-likeness (QED) is 0.695. The summed E-state index contributed by atoms with van der Waals surface area (Å²) < 4.78 is 5.37. The van der Waals surface area contributed by atoms with Crippen LogP contribution in [0.1, 0.15) is 26.5 Å². The maximum Gasteiger partial charge on any atom is 0.257 e. The highest BCUT2D eigenvalue weighted by atomic mass is 32.1. The van der Waals surface area contributed by atoms with Gasteiger partial charge in [0.25, 0.3) is 5.91 Å². The van der Waals surface area contributed by atoms with Gasteiger partial charge in [-0.1, -0.05) is 53.8 Å². The van der Waals surface area contributed by atoms with Crippen molar-refractivity contribution >= 4 is 22.4 Å². The molecule has 1 amide bonds. The molecule has 2 aromatic carbocycles. The molecule has 1 aliphatic heterocycles. The summed E-state index contributed by atoms with van der Waals surface area (Å²) in [5.41, 5.74) is 2.98. The van der Waals surface area contributed by atoms with Gasteiger partial charge in [0.15, 0.2) is 0 Å². The number of morpholine rings is 1. The molecule has 4 rings (SSSR count). The smallest absolute Gasteiger partial charge is 0.257 e. The van der Waals surface area contributed by atoms with Crippen LogP contribution >= 0.6 is 11.3 Å². The Labute approximate surface area is 168 Å². The molecule has 3 aromatic rings. The normalized spacial score (nSPS) is 14.7. The van der Waals surface area contributed by atoms with Crippen molar-refractivity contribution in [2.75, 3.05) is 31.6 Å². The topological polar surface area (TPSA) is 67.4 Å². The Morgan fingerprint density at radius 2 is 1.75 bits per heavy atom. The number of rotatable bonds is 6. The molecule has 6 nitrogen and oxygen atoms in total. The van der Waals surface area contributed by atoms with E-state index in [1.165, 1.54) is 22.5 Å². The van der Waals surface area contributed by atoms with Gasteiger partial charge in [0.1, 0.15) is 5.01 Å². The third kappa shape index (κ3) is 5.01. The van der Waals surface area contributed by atoms with Gasteiger partial charge in [0.2, 0.25) is 5.13 Å². The Kier molecular flexibility index (Phi) is 6.06. The van der Waals surface area contributed by atoms with Crippen LogP contribution in [0.2, 0.25) is 0 Å². The van der Waals surface area contributed by atoms with E-state index >= 15 is 0 Å². The molecule has 7 heteroatoms. The van der Waals surface area contributed by atoms with Crippen molar-refractivity contribution in [3.8, 4) is 0 Å². The van der Waals surface area contributed by atoms with Gasteiger partial charge in [-0.25, -0.2) is 0 Å². The maximum atomic E-state index is 12.5. The Morgan fingerprint density at radius 1 is 1.00 bits per heavy atom. The average molecular weight is 395 g/mol. The predicted molar refractivity (Wildman–Crippen MR) is 110 cm³/mol. The molecule has 0 radical (unpaired) electrons. The van der Waals surface area contributed by atoms with Crippen LogP contribution in [0.15, 0.2) is 54.6 Å². The van der Waals surface area contributed by atoms with Crippen molar-refractivity contribution in [3.63, 3.8) is 0 Å². The molecule has 1 aliphatic rings. The fourth-order valence-corrected chi connectivity index (χ4v) is 3.86. The van der Waals surface area contributed by atoms with Crippen LogP contribution in [0.4, 0.5) is 5.13 Å². The van der Waals surface area contributed by atoms with Crippen molar-refractivity contribution < 1.29 is 9.53 Å². The molecule has 1 aromatic heterocycles. The van der Waals surface area contributed by atoms with Crippen LogP contribution in [0, 0.1) is 0 Å². The van der Waals surface area contributed by atoms with E-state index in [1.54, 1.807) is 0 Å². The number of hydrogen-bond donors (Lipinski definition) is 1. The van der Waals surface area contributed by atoms with Crippen LogP contribution in [0.25, 0.3) is 0 Å². The molecule has 0 atom stereocenters. The second kappa shape index (κ2) is 9.05. The highest BCUT2D eigenvalue weighted by Crippen LogP contribution is 2.19. The molecule has 0 saturated carbocycles. The lowest BCUT2D eigenvalue weighted by atomic mass is 10.1. The Morgan fingerprint density at radius 3 is 2.50 bits per heavy atom. The SMILES string of the molecule is O=C(Nc1nnc(Cc2ccccc2)s1)c1ccc(CN2CCOCC2)cc1. The summed E-state index contributed by atoms with van der Waals surface area (Å²) in [6.07, 6.45) is 0.713. The first-order chi connectivity index (χ1) is 13.8. The molecule has 1 fully saturated rings. The lowest BCUT2D eigenvalue weighted by molar-refractivity contribution is 0.0342. The fourth-order valence-electron chi connectivity index (χ4n) is 3.09. The molecule has 144 valence electrons. The summed E-state index contributed by atoms with van der Waals surface area (Å²) in [4.78, 5) is 14.8. The highest BCUT2D eigenvalue weighted by molar-refractivity contribution is 7.15. The number of anilines is 1. The number of aromatic nitrogens is 2. The average Bonchev–Trinajstić information content (AvgIpc) is 3.17. The standard InChI is InChI=1S/C21H22N4O2S/c26-20(18-8-6-17(7-9-18)15-25-10-12-27-13-11-25)22-21-24-23-19(28-21)14-16-4-2-1-3-5-16/h1-9H,10-15H2,(H,22,24,26). The summed E-state index contributed by atoms with van der Waals surface area (Å²) in [5, 5.41) is 12.5. The van der Waals surface area contributed by atoms with E-state index in [4.69, 9.17) is 4.74 Å². The zero-order valence-corrected chi connectivity index (χ0v) is 16.3. The van der Waals surface area contributed by atoms with Crippen molar-refractivity contribution in [2.24, 2.45) is 0 Å². The van der Waals surface area contributed by atoms with Crippen LogP contribution in [-0.2, 0) is 17.7 Å². The number of benzene rings is 2. The van der Waals surface area contributed by atoms with Crippen LogP contribution in [-0.4, -0.2) is 47.3 Å². The van der Waals surface area contributed by atoms with E-state index in [1.807, 2.05) is 42.5 Å². The zero-order chi connectivity index (χ0) is 19.2. The molecule has 1 N–H and O–H groups in total. The fraction of sp³-hybridized carbons (Fsp3) is 0.286. The Balaban J connectivity index is 1.33. The lowest BCUT2D eigenvalue weighted by Crippen LogP contribution is -2.35. The van der Waals surface area contributed by atoms with Gasteiger partial charge in [0, 0.05) is 31.6 Å². The van der Waals surface area contributed by atoms with E-state index in [-0.39, 0.29) is 5.91 Å². The Bertz CT molecular complexity index is 906. The summed E-state index contributed by atoms with van der Waals surface area (Å²) in [6.45, 7) is 4.35. The summed E-state index contributed by atoms with van der Waals surface area (Å²) in [6, 6.07) is 17.8. The number of amides is 1. The van der Waals surface area contributed by atoms with E-state index in [9.17, 15) is 4.79 Å². The maximum absolute atomic E-state index is 12.5. The first-order valence-electron chi connectivity index (χ1n) is 9.33. The van der Waals surface area contributed by atoms with Crippen LogP contribution in [0.3, 0.4) is 0 Å². The molecule has 0 aliphatic carbocycles. The van der Waals surface area contributed by atoms with Crippen LogP contribution in [0.5, 0.6) is 0 Å². The van der Waals surface area contributed by atoms with E-state index in [2.05, 4.69) is 32.5 Å². The van der Waals surface area contributed by atoms with Gasteiger partial charge < -0.3 is 4.74 Å². The lowest BCUT2D eigenvalue weighted by Gasteiger charge is -2.26. The number of carbonyl (C=O) groups is 1. The first-order valence-corrected chi connectivity index (χ1v) is 10.1. The van der Waals surface area contributed by atoms with E-state index in [0.29, 0.717) is 17.1 Å². The molecular formula is C21H22N4O2S. The van der Waals surface area contributed by atoms with Crippen molar-refractivity contribution in [2.45, 2.75) is 13.0 Å². The zero-order valence-electron chi connectivity index (χ0n) is 15.5. The van der Waals surface area contributed by atoms with Gasteiger partial charge in [-0.05, 0) is 23.3 Å². The summed E-state index contributed by atoms with van der Waals surface area (Å²) in [7, 11) is 0. The molecule has 2 heterocycles. The molecule has 0 bridgehead atoms. The number of ether oxygens (including phenoxy) is 1. The van der Waals surface area contributed by atoms with Gasteiger partial charge in [0.05, 0.1) is 13.2 Å².